The van der Waals surface area contributed by atoms with Crippen molar-refractivity contribution < 1.29 is 14.6 Å². The van der Waals surface area contributed by atoms with Gasteiger partial charge in [-0.1, -0.05) is 0 Å². The summed E-state index contributed by atoms with van der Waals surface area (Å²) in [5.41, 5.74) is 1.01. The van der Waals surface area contributed by atoms with Gasteiger partial charge in [-0.25, -0.2) is 4.79 Å². The first-order valence-corrected chi connectivity index (χ1v) is 10.0. The Hall–Kier alpha value is -1.49. The number of aromatic nitrogens is 1. The number of amides is 1. The van der Waals surface area contributed by atoms with Crippen molar-refractivity contribution in [3.63, 3.8) is 0 Å². The van der Waals surface area contributed by atoms with Gasteiger partial charge in [-0.15, -0.1) is 0 Å². The number of carbonyl (C=O) groups excluding carboxylic acids is 1. The molecule has 1 N–H and O–H groups in total. The lowest BCUT2D eigenvalue weighted by Gasteiger charge is -2.46. The van der Waals surface area contributed by atoms with Gasteiger partial charge in [0.15, 0.2) is 0 Å². The zero-order chi connectivity index (χ0) is 18.8. The van der Waals surface area contributed by atoms with E-state index in [1.54, 1.807) is 0 Å². The van der Waals surface area contributed by atoms with E-state index in [-0.39, 0.29) is 12.7 Å². The van der Waals surface area contributed by atoms with Crippen LogP contribution in [-0.4, -0.2) is 39.4 Å². The van der Waals surface area contributed by atoms with Crippen LogP contribution >= 0.6 is 0 Å². The first-order valence-electron chi connectivity index (χ1n) is 10.0. The van der Waals surface area contributed by atoms with Gasteiger partial charge in [-0.2, -0.15) is 0 Å². The van der Waals surface area contributed by atoms with Gasteiger partial charge in [0.2, 0.25) is 0 Å². The molecule has 5 nitrogen and oxygen atoms in total. The highest BCUT2D eigenvalue weighted by atomic mass is 16.6. The Labute approximate surface area is 157 Å². The molecule has 1 aliphatic heterocycles. The number of piperidine rings is 1. The third-order valence-electron chi connectivity index (χ3n) is 6.18. The second-order valence-electron chi connectivity index (χ2n) is 9.22. The van der Waals surface area contributed by atoms with E-state index in [0.29, 0.717) is 11.3 Å². The van der Waals surface area contributed by atoms with Gasteiger partial charge in [0, 0.05) is 31.5 Å². The molecule has 1 amide bonds. The molecule has 1 aromatic rings. The SMILES string of the molecule is CC(C)(C)OC(=O)N1CCC2(CCC(Cn3cccc3CO)CC2)CC1. The Morgan fingerprint density at radius 3 is 2.46 bits per heavy atom. The highest BCUT2D eigenvalue weighted by Gasteiger charge is 2.39. The monoisotopic (exact) mass is 362 g/mol. The fourth-order valence-corrected chi connectivity index (χ4v) is 4.51. The minimum atomic E-state index is -0.420. The number of ether oxygens (including phenoxy) is 1. The molecule has 2 fully saturated rings. The number of aliphatic hydroxyl groups excluding tert-OH is 1. The van der Waals surface area contributed by atoms with Crippen LogP contribution in [-0.2, 0) is 17.9 Å². The summed E-state index contributed by atoms with van der Waals surface area (Å²) in [6.45, 7) is 8.55. The lowest BCUT2D eigenvalue weighted by molar-refractivity contribution is 0.000806. The van der Waals surface area contributed by atoms with Crippen molar-refractivity contribution in [2.75, 3.05) is 13.1 Å². The molecule has 1 saturated carbocycles. The zero-order valence-electron chi connectivity index (χ0n) is 16.5. The second kappa shape index (κ2) is 7.63. The molecule has 2 heterocycles. The Morgan fingerprint density at radius 2 is 1.88 bits per heavy atom. The third-order valence-corrected chi connectivity index (χ3v) is 6.18. The summed E-state index contributed by atoms with van der Waals surface area (Å²) in [5, 5.41) is 9.41. The van der Waals surface area contributed by atoms with Crippen LogP contribution in [0.25, 0.3) is 0 Å². The van der Waals surface area contributed by atoms with Crippen molar-refractivity contribution >= 4 is 6.09 Å². The summed E-state index contributed by atoms with van der Waals surface area (Å²) >= 11 is 0. The number of hydrogen-bond donors (Lipinski definition) is 1. The van der Waals surface area contributed by atoms with Gasteiger partial charge in [0.1, 0.15) is 5.60 Å². The first-order chi connectivity index (χ1) is 12.3. The van der Waals surface area contributed by atoms with Gasteiger partial charge in [-0.05, 0) is 82.8 Å². The molecule has 5 heteroatoms. The fourth-order valence-electron chi connectivity index (χ4n) is 4.51. The van der Waals surface area contributed by atoms with Crippen LogP contribution in [0.5, 0.6) is 0 Å². The lowest BCUT2D eigenvalue weighted by atomic mass is 9.65. The molecule has 0 atom stereocenters. The molecule has 0 aromatic carbocycles. The Morgan fingerprint density at radius 1 is 1.23 bits per heavy atom. The van der Waals surface area contributed by atoms with E-state index in [1.807, 2.05) is 37.8 Å². The maximum Gasteiger partial charge on any atom is 0.410 e. The number of aliphatic hydroxyl groups is 1. The van der Waals surface area contributed by atoms with E-state index < -0.39 is 5.60 Å². The number of hydrogen-bond acceptors (Lipinski definition) is 3. The van der Waals surface area contributed by atoms with Crippen LogP contribution in [0, 0.1) is 11.3 Å². The standard InChI is InChI=1S/C21H34N2O3/c1-20(2,3)26-19(25)22-13-10-21(11-14-22)8-6-17(7-9-21)15-23-12-4-5-18(23)16-24/h4-5,12,17,24H,6-11,13-16H2,1-3H3. The summed E-state index contributed by atoms with van der Waals surface area (Å²) < 4.78 is 7.72. The van der Waals surface area contributed by atoms with Crippen molar-refractivity contribution in [2.24, 2.45) is 11.3 Å². The van der Waals surface area contributed by atoms with E-state index in [1.165, 1.54) is 25.7 Å². The van der Waals surface area contributed by atoms with Gasteiger partial charge >= 0.3 is 6.09 Å². The Balaban J connectivity index is 1.47. The van der Waals surface area contributed by atoms with E-state index in [2.05, 4.69) is 10.8 Å². The molecule has 26 heavy (non-hydrogen) atoms. The Kier molecular flexibility index (Phi) is 5.66. The van der Waals surface area contributed by atoms with Crippen LogP contribution in [0.4, 0.5) is 4.79 Å². The normalized spacial score (nSPS) is 21.2. The van der Waals surface area contributed by atoms with Gasteiger partial charge in [0.05, 0.1) is 6.61 Å². The molecule has 2 aliphatic rings. The summed E-state index contributed by atoms with van der Waals surface area (Å²) in [6.07, 6.45) is 9.13. The smallest absolute Gasteiger partial charge is 0.410 e. The van der Waals surface area contributed by atoms with E-state index in [9.17, 15) is 9.90 Å². The molecular formula is C21H34N2O3. The maximum atomic E-state index is 12.3. The van der Waals surface area contributed by atoms with Gasteiger partial charge < -0.3 is 19.3 Å². The number of carbonyl (C=O) groups is 1. The molecule has 0 unspecified atom stereocenters. The number of likely N-dealkylation sites (tertiary alicyclic amines) is 1. The largest absolute Gasteiger partial charge is 0.444 e. The molecule has 1 saturated heterocycles. The molecule has 0 bridgehead atoms. The average molecular weight is 363 g/mol. The molecule has 1 aromatic heterocycles. The van der Waals surface area contributed by atoms with Gasteiger partial charge in [-0.3, -0.25) is 0 Å². The summed E-state index contributed by atoms with van der Waals surface area (Å²) in [6, 6.07) is 4.01. The maximum absolute atomic E-state index is 12.3. The average Bonchev–Trinajstić information content (AvgIpc) is 3.03. The van der Waals surface area contributed by atoms with Crippen molar-refractivity contribution in [2.45, 2.75) is 78.0 Å². The number of nitrogens with zero attached hydrogens (tertiary/aromatic N) is 2. The quantitative estimate of drug-likeness (QED) is 0.877. The zero-order valence-corrected chi connectivity index (χ0v) is 16.5. The summed E-state index contributed by atoms with van der Waals surface area (Å²) in [4.78, 5) is 14.1. The third kappa shape index (κ3) is 4.61. The summed E-state index contributed by atoms with van der Waals surface area (Å²) in [5.74, 6) is 0.696. The van der Waals surface area contributed by atoms with E-state index in [4.69, 9.17) is 4.74 Å². The predicted octanol–water partition coefficient (Wildman–Crippen LogP) is 4.19. The van der Waals surface area contributed by atoms with Crippen molar-refractivity contribution in [3.8, 4) is 0 Å². The minimum Gasteiger partial charge on any atom is -0.444 e. The van der Waals surface area contributed by atoms with E-state index in [0.717, 1.165) is 38.2 Å². The molecule has 1 aliphatic carbocycles. The molecule has 0 radical (unpaired) electrons. The first kappa shape index (κ1) is 19.3. The fraction of sp³-hybridized carbons (Fsp3) is 0.762. The van der Waals surface area contributed by atoms with Crippen LogP contribution in [0.2, 0.25) is 0 Å². The molecule has 1 spiro atoms. The molecular weight excluding hydrogens is 328 g/mol. The van der Waals surface area contributed by atoms with Crippen LogP contribution in [0.15, 0.2) is 18.3 Å². The van der Waals surface area contributed by atoms with Crippen LogP contribution in [0.3, 0.4) is 0 Å². The highest BCUT2D eigenvalue weighted by Crippen LogP contribution is 2.46. The highest BCUT2D eigenvalue weighted by molar-refractivity contribution is 5.68. The second-order valence-corrected chi connectivity index (χ2v) is 9.22. The van der Waals surface area contributed by atoms with Crippen LogP contribution < -0.4 is 0 Å². The number of rotatable bonds is 3. The van der Waals surface area contributed by atoms with Gasteiger partial charge in [0.25, 0.3) is 0 Å². The summed E-state index contributed by atoms with van der Waals surface area (Å²) in [7, 11) is 0. The lowest BCUT2D eigenvalue weighted by Crippen LogP contribution is -2.46. The van der Waals surface area contributed by atoms with Crippen LogP contribution in [0.1, 0.15) is 65.0 Å². The van der Waals surface area contributed by atoms with E-state index >= 15 is 0 Å². The van der Waals surface area contributed by atoms with Crippen molar-refractivity contribution in [1.29, 1.82) is 0 Å². The molecule has 146 valence electrons. The molecule has 3 rings (SSSR count). The minimum absolute atomic E-state index is 0.115. The van der Waals surface area contributed by atoms with Crippen molar-refractivity contribution in [3.05, 3.63) is 24.0 Å². The Bertz CT molecular complexity index is 599. The van der Waals surface area contributed by atoms with Crippen molar-refractivity contribution in [1.82, 2.24) is 9.47 Å². The topological polar surface area (TPSA) is 54.7 Å². The predicted molar refractivity (Wildman–Crippen MR) is 102 cm³/mol.